The van der Waals surface area contributed by atoms with Crippen molar-refractivity contribution in [1.82, 2.24) is 9.80 Å². The van der Waals surface area contributed by atoms with Gasteiger partial charge in [-0.2, -0.15) is 0 Å². The first-order valence-electron chi connectivity index (χ1n) is 6.80. The molecule has 3 aliphatic heterocycles. The van der Waals surface area contributed by atoms with Crippen molar-refractivity contribution in [2.24, 2.45) is 5.92 Å². The Bertz CT molecular complexity index is 370. The van der Waals surface area contributed by atoms with Crippen LogP contribution < -0.4 is 0 Å². The maximum atomic E-state index is 12.5. The summed E-state index contributed by atoms with van der Waals surface area (Å²) in [6.45, 7) is 0.552. The molecule has 5 nitrogen and oxygen atoms in total. The predicted octanol–water partition coefficient (Wildman–Crippen LogP) is -0.0210. The van der Waals surface area contributed by atoms with Gasteiger partial charge in [-0.1, -0.05) is 0 Å². The van der Waals surface area contributed by atoms with E-state index in [1.54, 1.807) is 11.9 Å². The summed E-state index contributed by atoms with van der Waals surface area (Å²) < 4.78 is 0. The minimum absolute atomic E-state index is 0.0674. The number of aliphatic hydroxyl groups excluding tert-OH is 1. The summed E-state index contributed by atoms with van der Waals surface area (Å²) in [6.07, 6.45) is 3.53. The third-order valence-electron chi connectivity index (χ3n) is 4.65. The molecule has 0 radical (unpaired) electrons. The van der Waals surface area contributed by atoms with Gasteiger partial charge in [0.2, 0.25) is 11.8 Å². The molecular formula is C13H20N2O3. The van der Waals surface area contributed by atoms with Gasteiger partial charge in [-0.15, -0.1) is 0 Å². The van der Waals surface area contributed by atoms with Crippen molar-refractivity contribution in [2.75, 3.05) is 13.6 Å². The van der Waals surface area contributed by atoms with E-state index in [1.807, 2.05) is 4.90 Å². The Labute approximate surface area is 107 Å². The number of hydrogen-bond acceptors (Lipinski definition) is 3. The van der Waals surface area contributed by atoms with E-state index in [0.717, 1.165) is 12.8 Å². The first-order valence-corrected chi connectivity index (χ1v) is 6.80. The van der Waals surface area contributed by atoms with E-state index in [4.69, 9.17) is 0 Å². The number of carbonyl (C=O) groups excluding carboxylic acids is 2. The molecular weight excluding hydrogens is 232 g/mol. The summed E-state index contributed by atoms with van der Waals surface area (Å²) in [5.74, 6) is 0.0330. The number of amides is 2. The number of likely N-dealkylation sites (tertiary alicyclic amines) is 1. The monoisotopic (exact) mass is 252 g/mol. The molecule has 3 rings (SSSR count). The summed E-state index contributed by atoms with van der Waals surface area (Å²) >= 11 is 0. The molecule has 0 saturated carbocycles. The van der Waals surface area contributed by atoms with Gasteiger partial charge in [-0.3, -0.25) is 9.59 Å². The van der Waals surface area contributed by atoms with E-state index in [1.165, 1.54) is 0 Å². The summed E-state index contributed by atoms with van der Waals surface area (Å²) in [6, 6.07) is 0.402. The van der Waals surface area contributed by atoms with Gasteiger partial charge < -0.3 is 14.9 Å². The number of aliphatic hydroxyl groups is 1. The summed E-state index contributed by atoms with van der Waals surface area (Å²) in [5.41, 5.74) is 0. The molecule has 0 aliphatic carbocycles. The number of hydrogen-bond donors (Lipinski definition) is 1. The van der Waals surface area contributed by atoms with Gasteiger partial charge in [-0.25, -0.2) is 0 Å². The van der Waals surface area contributed by atoms with E-state index >= 15 is 0 Å². The second-order valence-corrected chi connectivity index (χ2v) is 5.93. The molecule has 100 valence electrons. The van der Waals surface area contributed by atoms with Crippen molar-refractivity contribution in [1.29, 1.82) is 0 Å². The smallest absolute Gasteiger partial charge is 0.228 e. The highest BCUT2D eigenvalue weighted by Crippen LogP contribution is 2.37. The molecule has 2 amide bonds. The van der Waals surface area contributed by atoms with Crippen molar-refractivity contribution >= 4 is 11.8 Å². The highest BCUT2D eigenvalue weighted by Gasteiger charge is 2.46. The Hall–Kier alpha value is -1.10. The van der Waals surface area contributed by atoms with Gasteiger partial charge >= 0.3 is 0 Å². The lowest BCUT2D eigenvalue weighted by Crippen LogP contribution is -2.50. The molecule has 3 aliphatic rings. The molecule has 18 heavy (non-hydrogen) atoms. The van der Waals surface area contributed by atoms with Crippen molar-refractivity contribution in [3.8, 4) is 0 Å². The molecule has 3 atom stereocenters. The van der Waals surface area contributed by atoms with Crippen LogP contribution in [0, 0.1) is 5.92 Å². The molecule has 1 N–H and O–H groups in total. The molecule has 5 heteroatoms. The van der Waals surface area contributed by atoms with Crippen molar-refractivity contribution < 1.29 is 14.7 Å². The first kappa shape index (κ1) is 12.0. The minimum Gasteiger partial charge on any atom is -0.393 e. The maximum absolute atomic E-state index is 12.5. The average molecular weight is 252 g/mol. The fraction of sp³-hybridized carbons (Fsp3) is 0.846. The number of rotatable bonds is 1. The fourth-order valence-corrected chi connectivity index (χ4v) is 3.75. The highest BCUT2D eigenvalue weighted by atomic mass is 16.3. The Kier molecular flexibility index (Phi) is 2.81. The van der Waals surface area contributed by atoms with Crippen LogP contribution in [0.3, 0.4) is 0 Å². The number of fused-ring (bicyclic) bond motifs is 2. The number of carbonyl (C=O) groups is 2. The first-order chi connectivity index (χ1) is 8.56. The van der Waals surface area contributed by atoms with Gasteiger partial charge in [0, 0.05) is 32.1 Å². The second kappa shape index (κ2) is 4.23. The molecule has 3 unspecified atom stereocenters. The fourth-order valence-electron chi connectivity index (χ4n) is 3.75. The van der Waals surface area contributed by atoms with E-state index in [2.05, 4.69) is 0 Å². The molecule has 0 aromatic carbocycles. The summed E-state index contributed by atoms with van der Waals surface area (Å²) in [5, 5.41) is 9.74. The van der Waals surface area contributed by atoms with Crippen LogP contribution in [-0.4, -0.2) is 58.5 Å². The minimum atomic E-state index is -0.251. The van der Waals surface area contributed by atoms with Crippen LogP contribution in [0.25, 0.3) is 0 Å². The van der Waals surface area contributed by atoms with Crippen LogP contribution in [0.5, 0.6) is 0 Å². The Balaban J connectivity index is 1.72. The zero-order valence-electron chi connectivity index (χ0n) is 10.7. The molecule has 0 aromatic heterocycles. The summed E-state index contributed by atoms with van der Waals surface area (Å²) in [4.78, 5) is 27.7. The van der Waals surface area contributed by atoms with Gasteiger partial charge in [0.05, 0.1) is 12.0 Å². The van der Waals surface area contributed by atoms with Crippen LogP contribution in [0.2, 0.25) is 0 Å². The molecule has 3 fully saturated rings. The predicted molar refractivity (Wildman–Crippen MR) is 64.6 cm³/mol. The SMILES string of the molecule is CN1CC(C(=O)N2C3CCC2CC(O)C3)CC1=O. The third-order valence-corrected chi connectivity index (χ3v) is 4.65. The standard InChI is InChI=1S/C13H20N2O3/c1-14-7-8(4-12(14)17)13(18)15-9-2-3-10(15)6-11(16)5-9/h8-11,16H,2-7H2,1H3. The average Bonchev–Trinajstić information content (AvgIpc) is 2.78. The van der Waals surface area contributed by atoms with Gasteiger partial charge in [0.1, 0.15) is 0 Å². The van der Waals surface area contributed by atoms with Crippen molar-refractivity contribution in [3.63, 3.8) is 0 Å². The Morgan fingerprint density at radius 3 is 2.39 bits per heavy atom. The number of nitrogens with zero attached hydrogens (tertiary/aromatic N) is 2. The molecule has 0 spiro atoms. The van der Waals surface area contributed by atoms with Gasteiger partial charge in [0.15, 0.2) is 0 Å². The van der Waals surface area contributed by atoms with Gasteiger partial charge in [0.25, 0.3) is 0 Å². The van der Waals surface area contributed by atoms with Gasteiger partial charge in [-0.05, 0) is 25.7 Å². The molecule has 3 heterocycles. The highest BCUT2D eigenvalue weighted by molar-refractivity contribution is 5.89. The normalized spacial score (nSPS) is 39.6. The van der Waals surface area contributed by atoms with E-state index < -0.39 is 0 Å². The zero-order chi connectivity index (χ0) is 12.9. The van der Waals surface area contributed by atoms with E-state index in [9.17, 15) is 14.7 Å². The lowest BCUT2D eigenvalue weighted by Gasteiger charge is -2.38. The van der Waals surface area contributed by atoms with Crippen molar-refractivity contribution in [2.45, 2.75) is 50.3 Å². The van der Waals surface area contributed by atoms with Crippen LogP contribution in [0.1, 0.15) is 32.1 Å². The van der Waals surface area contributed by atoms with E-state index in [0.29, 0.717) is 25.8 Å². The second-order valence-electron chi connectivity index (χ2n) is 5.93. The largest absolute Gasteiger partial charge is 0.393 e. The van der Waals surface area contributed by atoms with Crippen LogP contribution in [-0.2, 0) is 9.59 Å². The van der Waals surface area contributed by atoms with Crippen LogP contribution in [0.4, 0.5) is 0 Å². The third kappa shape index (κ3) is 1.81. The Morgan fingerprint density at radius 1 is 1.28 bits per heavy atom. The molecule has 3 saturated heterocycles. The van der Waals surface area contributed by atoms with E-state index in [-0.39, 0.29) is 35.9 Å². The maximum Gasteiger partial charge on any atom is 0.228 e. The van der Waals surface area contributed by atoms with Crippen LogP contribution in [0.15, 0.2) is 0 Å². The summed E-state index contributed by atoms with van der Waals surface area (Å²) in [7, 11) is 1.75. The lowest BCUT2D eigenvalue weighted by molar-refractivity contribution is -0.141. The Morgan fingerprint density at radius 2 is 1.89 bits per heavy atom. The lowest BCUT2D eigenvalue weighted by atomic mass is 9.97. The quantitative estimate of drug-likeness (QED) is 0.713. The van der Waals surface area contributed by atoms with Crippen molar-refractivity contribution in [3.05, 3.63) is 0 Å². The topological polar surface area (TPSA) is 60.9 Å². The number of piperidine rings is 1. The van der Waals surface area contributed by atoms with Crippen LogP contribution >= 0.6 is 0 Å². The zero-order valence-corrected chi connectivity index (χ0v) is 10.7. The molecule has 0 aromatic rings. The molecule has 2 bridgehead atoms.